The molecule has 6 heteroatoms. The zero-order valence-electron chi connectivity index (χ0n) is 11.6. The van der Waals surface area contributed by atoms with E-state index in [0.717, 1.165) is 6.20 Å². The Morgan fingerprint density at radius 1 is 1.48 bits per heavy atom. The van der Waals surface area contributed by atoms with E-state index in [9.17, 15) is 14.9 Å². The molecule has 0 radical (unpaired) electrons. The Balaban J connectivity index is 2.51. The van der Waals surface area contributed by atoms with E-state index in [0.29, 0.717) is 16.8 Å². The summed E-state index contributed by atoms with van der Waals surface area (Å²) in [5, 5.41) is 22.5. The van der Waals surface area contributed by atoms with Crippen LogP contribution in [0.15, 0.2) is 48.2 Å². The highest BCUT2D eigenvalue weighted by atomic mass is 16.6. The van der Waals surface area contributed by atoms with Crippen molar-refractivity contribution in [1.82, 2.24) is 0 Å². The average molecular weight is 288 g/mol. The van der Waals surface area contributed by atoms with Gasteiger partial charge in [0.1, 0.15) is 5.41 Å². The zero-order valence-corrected chi connectivity index (χ0v) is 11.6. The van der Waals surface area contributed by atoms with E-state index in [1.165, 1.54) is 6.08 Å². The summed E-state index contributed by atoms with van der Waals surface area (Å²) in [6.07, 6.45) is 4.09. The van der Waals surface area contributed by atoms with Gasteiger partial charge in [0.25, 0.3) is 0 Å². The number of nitrogens with one attached hydrogen (secondary N) is 1. The Labute approximate surface area is 121 Å². The lowest BCUT2D eigenvalue weighted by Crippen LogP contribution is -2.32. The molecule has 0 unspecified atom stereocenters. The summed E-state index contributed by atoms with van der Waals surface area (Å²) in [5.74, 6) is -0.302. The van der Waals surface area contributed by atoms with Crippen LogP contribution in [0.5, 0.6) is 0 Å². The van der Waals surface area contributed by atoms with Crippen molar-refractivity contribution >= 4 is 11.6 Å². The predicted octanol–water partition coefficient (Wildman–Crippen LogP) is 2.00. The summed E-state index contributed by atoms with van der Waals surface area (Å²) in [7, 11) is 0. The third-order valence-electron chi connectivity index (χ3n) is 3.56. The number of benzene rings is 1. The Morgan fingerprint density at radius 2 is 2.19 bits per heavy atom. The number of para-hydroxylation sites is 1. The molecule has 1 aliphatic heterocycles. The molecule has 1 heterocycles. The van der Waals surface area contributed by atoms with Gasteiger partial charge in [-0.05, 0) is 25.0 Å². The molecule has 0 bridgehead atoms. The minimum absolute atomic E-state index is 0.113. The van der Waals surface area contributed by atoms with Crippen molar-refractivity contribution in [2.75, 3.05) is 11.9 Å². The van der Waals surface area contributed by atoms with E-state index >= 15 is 0 Å². The molecule has 2 rings (SSSR count). The lowest BCUT2D eigenvalue weighted by molar-refractivity contribution is -0.402. The normalized spacial score (nSPS) is 21.4. The topological polar surface area (TPSA) is 92.5 Å². The second kappa shape index (κ2) is 5.88. The van der Waals surface area contributed by atoms with E-state index in [1.807, 2.05) is 0 Å². The van der Waals surface area contributed by atoms with Crippen molar-refractivity contribution in [2.45, 2.75) is 18.8 Å². The first-order valence-corrected chi connectivity index (χ1v) is 6.50. The van der Waals surface area contributed by atoms with Gasteiger partial charge in [-0.15, -0.1) is 0 Å². The molecule has 1 aromatic rings. The number of carbonyl (C=O) groups is 1. The number of rotatable bonds is 5. The number of anilines is 1. The maximum atomic E-state index is 12.4. The molecular weight excluding hydrogens is 272 g/mol. The molecule has 2 N–H and O–H groups in total. The number of allylic oxidation sites excluding steroid dienone is 1. The molecule has 0 saturated carbocycles. The van der Waals surface area contributed by atoms with Crippen LogP contribution in [0.3, 0.4) is 0 Å². The number of amides is 1. The van der Waals surface area contributed by atoms with Gasteiger partial charge in [-0.1, -0.05) is 29.8 Å². The summed E-state index contributed by atoms with van der Waals surface area (Å²) in [5.41, 5.74) is 0.960. The SMILES string of the molecule is C/C(=C\C[C@@]1(/C=C/[N+](=O)[O-])C(=O)Nc2ccccc21)CO. The number of nitro groups is 1. The smallest absolute Gasteiger partial charge is 0.239 e. The molecule has 0 spiro atoms. The van der Waals surface area contributed by atoms with Crippen LogP contribution in [0.2, 0.25) is 0 Å². The van der Waals surface area contributed by atoms with Crippen LogP contribution in [0.4, 0.5) is 5.69 Å². The molecule has 6 nitrogen and oxygen atoms in total. The van der Waals surface area contributed by atoms with Crippen LogP contribution in [-0.2, 0) is 10.2 Å². The van der Waals surface area contributed by atoms with E-state index < -0.39 is 10.3 Å². The summed E-state index contributed by atoms with van der Waals surface area (Å²) in [6.45, 7) is 1.63. The van der Waals surface area contributed by atoms with Gasteiger partial charge in [0.05, 0.1) is 11.5 Å². The summed E-state index contributed by atoms with van der Waals surface area (Å²) in [6, 6.07) is 7.12. The third-order valence-corrected chi connectivity index (χ3v) is 3.56. The molecule has 0 aliphatic carbocycles. The second-order valence-corrected chi connectivity index (χ2v) is 4.98. The number of fused-ring (bicyclic) bond motifs is 1. The van der Waals surface area contributed by atoms with Gasteiger partial charge in [-0.3, -0.25) is 14.9 Å². The Morgan fingerprint density at radius 3 is 2.86 bits per heavy atom. The number of aliphatic hydroxyl groups excluding tert-OH is 1. The van der Waals surface area contributed by atoms with Crippen LogP contribution < -0.4 is 5.32 Å². The van der Waals surface area contributed by atoms with Crippen molar-refractivity contribution in [2.24, 2.45) is 0 Å². The molecular formula is C15H16N2O4. The molecule has 1 atom stereocenters. The molecule has 21 heavy (non-hydrogen) atoms. The minimum atomic E-state index is -1.11. The molecule has 1 amide bonds. The molecule has 0 fully saturated rings. The maximum Gasteiger partial charge on any atom is 0.239 e. The van der Waals surface area contributed by atoms with Gasteiger partial charge in [-0.2, -0.15) is 0 Å². The largest absolute Gasteiger partial charge is 0.392 e. The minimum Gasteiger partial charge on any atom is -0.392 e. The Bertz CT molecular complexity index is 636. The van der Waals surface area contributed by atoms with Crippen LogP contribution in [0.1, 0.15) is 18.9 Å². The first kappa shape index (κ1) is 14.9. The maximum absolute atomic E-state index is 12.4. The highest BCUT2D eigenvalue weighted by molar-refractivity contribution is 6.07. The lowest BCUT2D eigenvalue weighted by Gasteiger charge is -2.21. The standard InChI is InChI=1S/C15H16N2O4/c1-11(10-18)6-7-15(8-9-17(20)21)12-4-2-3-5-13(12)16-14(15)19/h2-6,8-9,18H,7,10H2,1H3,(H,16,19)/b9-8+,11-6+/t15-/m0/s1. The van der Waals surface area contributed by atoms with E-state index in [1.54, 1.807) is 37.3 Å². The van der Waals surface area contributed by atoms with E-state index in [-0.39, 0.29) is 18.9 Å². The lowest BCUT2D eigenvalue weighted by atomic mass is 9.78. The number of aliphatic hydroxyl groups is 1. The van der Waals surface area contributed by atoms with Crippen LogP contribution in [0.25, 0.3) is 0 Å². The fourth-order valence-corrected chi connectivity index (χ4v) is 2.36. The van der Waals surface area contributed by atoms with Gasteiger partial charge in [-0.25, -0.2) is 0 Å². The van der Waals surface area contributed by atoms with Gasteiger partial charge in [0, 0.05) is 11.8 Å². The van der Waals surface area contributed by atoms with Crippen molar-refractivity contribution in [3.63, 3.8) is 0 Å². The van der Waals surface area contributed by atoms with E-state index in [4.69, 9.17) is 5.11 Å². The number of carbonyl (C=O) groups excluding carboxylic acids is 1. The summed E-state index contributed by atoms with van der Waals surface area (Å²) < 4.78 is 0. The highest BCUT2D eigenvalue weighted by Crippen LogP contribution is 2.41. The van der Waals surface area contributed by atoms with Crippen molar-refractivity contribution in [1.29, 1.82) is 0 Å². The van der Waals surface area contributed by atoms with Gasteiger partial charge in [0.15, 0.2) is 0 Å². The molecule has 0 aromatic heterocycles. The Hall–Kier alpha value is -2.47. The number of hydrogen-bond donors (Lipinski definition) is 2. The van der Waals surface area contributed by atoms with Crippen molar-refractivity contribution in [3.8, 4) is 0 Å². The first-order chi connectivity index (χ1) is 9.99. The monoisotopic (exact) mass is 288 g/mol. The number of hydrogen-bond acceptors (Lipinski definition) is 4. The quantitative estimate of drug-likeness (QED) is 0.492. The Kier molecular flexibility index (Phi) is 4.18. The average Bonchev–Trinajstić information content (AvgIpc) is 2.75. The molecule has 0 saturated heterocycles. The fraction of sp³-hybridized carbons (Fsp3) is 0.267. The first-order valence-electron chi connectivity index (χ1n) is 6.50. The second-order valence-electron chi connectivity index (χ2n) is 4.98. The highest BCUT2D eigenvalue weighted by Gasteiger charge is 2.44. The molecule has 1 aromatic carbocycles. The van der Waals surface area contributed by atoms with Gasteiger partial charge < -0.3 is 10.4 Å². The van der Waals surface area contributed by atoms with Crippen molar-refractivity contribution in [3.05, 3.63) is 63.9 Å². The van der Waals surface area contributed by atoms with Gasteiger partial charge in [0.2, 0.25) is 12.1 Å². The summed E-state index contributed by atoms with van der Waals surface area (Å²) >= 11 is 0. The molecule has 110 valence electrons. The van der Waals surface area contributed by atoms with Gasteiger partial charge >= 0.3 is 0 Å². The van der Waals surface area contributed by atoms with E-state index in [2.05, 4.69) is 5.32 Å². The van der Waals surface area contributed by atoms with Crippen LogP contribution in [-0.4, -0.2) is 22.5 Å². The summed E-state index contributed by atoms with van der Waals surface area (Å²) in [4.78, 5) is 22.4. The molecule has 1 aliphatic rings. The fourth-order valence-electron chi connectivity index (χ4n) is 2.36. The van der Waals surface area contributed by atoms with Crippen LogP contribution >= 0.6 is 0 Å². The predicted molar refractivity (Wildman–Crippen MR) is 78.3 cm³/mol. The van der Waals surface area contributed by atoms with Crippen molar-refractivity contribution < 1.29 is 14.8 Å². The zero-order chi connectivity index (χ0) is 15.5. The van der Waals surface area contributed by atoms with Crippen LogP contribution in [0, 0.1) is 10.1 Å². The third kappa shape index (κ3) is 2.85. The number of nitrogens with zero attached hydrogens (tertiary/aromatic N) is 1.